The molecule has 1 saturated heterocycles. The number of hydrogen-bond acceptors (Lipinski definition) is 6. The molecule has 0 bridgehead atoms. The summed E-state index contributed by atoms with van der Waals surface area (Å²) in [6, 6.07) is -0.0239. The van der Waals surface area contributed by atoms with E-state index < -0.39 is 9.84 Å². The molecule has 1 N–H and O–H groups in total. The summed E-state index contributed by atoms with van der Waals surface area (Å²) in [6.45, 7) is 0. The van der Waals surface area contributed by atoms with Crippen LogP contribution in [-0.4, -0.2) is 38.6 Å². The van der Waals surface area contributed by atoms with Gasteiger partial charge in [-0.15, -0.1) is 10.2 Å². The fraction of sp³-hybridized carbons (Fsp3) is 0.833. The molecule has 2 aliphatic rings. The zero-order valence-corrected chi connectivity index (χ0v) is 7.74. The van der Waals surface area contributed by atoms with Gasteiger partial charge in [0.05, 0.1) is 11.5 Å². The van der Waals surface area contributed by atoms with Gasteiger partial charge < -0.3 is 0 Å². The van der Waals surface area contributed by atoms with Gasteiger partial charge in [-0.25, -0.2) is 13.4 Å². The molecule has 0 saturated carbocycles. The van der Waals surface area contributed by atoms with Gasteiger partial charge in [-0.1, -0.05) is 0 Å². The van der Waals surface area contributed by atoms with Gasteiger partial charge in [0.1, 0.15) is 6.34 Å². The fourth-order valence-corrected chi connectivity index (χ4v) is 3.12. The third-order valence-corrected chi connectivity index (χ3v) is 3.82. The molecule has 0 aromatic carbocycles. The lowest BCUT2D eigenvalue weighted by Gasteiger charge is -2.11. The number of hydrogen-bond donors (Lipinski definition) is 1. The van der Waals surface area contributed by atoms with Crippen molar-refractivity contribution in [1.29, 1.82) is 0 Å². The van der Waals surface area contributed by atoms with Crippen molar-refractivity contribution in [2.24, 2.45) is 15.2 Å². The number of nitrogens with one attached hydrogen (secondary N) is 1. The minimum absolute atomic E-state index is 0.0239. The van der Waals surface area contributed by atoms with Gasteiger partial charge in [-0.2, -0.15) is 0 Å². The van der Waals surface area contributed by atoms with E-state index in [1.54, 1.807) is 0 Å². The summed E-state index contributed by atoms with van der Waals surface area (Å²) in [5, 5.41) is 10.3. The largest absolute Gasteiger partial charge is 0.272 e. The monoisotopic (exact) mass is 202 g/mol. The molecule has 6 nitrogen and oxygen atoms in total. The van der Waals surface area contributed by atoms with Crippen LogP contribution in [0.1, 0.15) is 6.42 Å². The molecule has 0 aromatic heterocycles. The lowest BCUT2D eigenvalue weighted by atomic mass is 10.3. The molecule has 0 radical (unpaired) electrons. The lowest BCUT2D eigenvalue weighted by molar-refractivity contribution is 0.470. The number of nitrogens with zero attached hydrogens (tertiary/aromatic N) is 3. The Kier molecular flexibility index (Phi) is 2.12. The maximum atomic E-state index is 11.1. The van der Waals surface area contributed by atoms with Crippen LogP contribution in [0.25, 0.3) is 0 Å². The molecule has 7 heteroatoms. The Hall–Kier alpha value is -0.820. The first kappa shape index (κ1) is 8.76. The first-order valence-electron chi connectivity index (χ1n) is 4.04. The van der Waals surface area contributed by atoms with E-state index in [1.165, 1.54) is 6.34 Å². The SMILES string of the molecule is O=S1(=O)CC[C@H](N[C@@H]2N=CN=N2)C1. The van der Waals surface area contributed by atoms with Crippen LogP contribution in [-0.2, 0) is 9.84 Å². The average molecular weight is 202 g/mol. The van der Waals surface area contributed by atoms with Gasteiger partial charge >= 0.3 is 0 Å². The van der Waals surface area contributed by atoms with Crippen molar-refractivity contribution in [3.63, 3.8) is 0 Å². The first-order chi connectivity index (χ1) is 6.16. The van der Waals surface area contributed by atoms with Crippen LogP contribution in [0, 0.1) is 0 Å². The molecule has 0 aromatic rings. The highest BCUT2D eigenvalue weighted by atomic mass is 32.2. The van der Waals surface area contributed by atoms with Crippen LogP contribution in [0.2, 0.25) is 0 Å². The van der Waals surface area contributed by atoms with E-state index in [-0.39, 0.29) is 23.8 Å². The molecule has 0 unspecified atom stereocenters. The summed E-state index contributed by atoms with van der Waals surface area (Å²) in [4.78, 5) is 3.88. The van der Waals surface area contributed by atoms with Gasteiger partial charge in [-0.3, -0.25) is 5.32 Å². The molecule has 72 valence electrons. The highest BCUT2D eigenvalue weighted by molar-refractivity contribution is 7.91. The van der Waals surface area contributed by atoms with Crippen molar-refractivity contribution in [2.45, 2.75) is 18.8 Å². The van der Waals surface area contributed by atoms with Crippen molar-refractivity contribution in [2.75, 3.05) is 11.5 Å². The van der Waals surface area contributed by atoms with Gasteiger partial charge in [0.25, 0.3) is 0 Å². The zero-order valence-electron chi connectivity index (χ0n) is 6.92. The molecule has 2 rings (SSSR count). The van der Waals surface area contributed by atoms with E-state index in [4.69, 9.17) is 0 Å². The second-order valence-corrected chi connectivity index (χ2v) is 5.36. The Morgan fingerprint density at radius 3 is 2.85 bits per heavy atom. The quantitative estimate of drug-likeness (QED) is 0.657. The number of rotatable bonds is 2. The van der Waals surface area contributed by atoms with E-state index in [0.29, 0.717) is 6.42 Å². The van der Waals surface area contributed by atoms with Crippen molar-refractivity contribution in [1.82, 2.24) is 5.32 Å². The molecule has 0 amide bonds. The van der Waals surface area contributed by atoms with E-state index in [0.717, 1.165) is 0 Å². The molecule has 2 atom stereocenters. The van der Waals surface area contributed by atoms with Crippen molar-refractivity contribution in [3.05, 3.63) is 0 Å². The van der Waals surface area contributed by atoms with Crippen LogP contribution in [0.4, 0.5) is 0 Å². The predicted octanol–water partition coefficient (Wildman–Crippen LogP) is -0.459. The Morgan fingerprint density at radius 1 is 1.46 bits per heavy atom. The maximum Gasteiger partial charge on any atom is 0.215 e. The predicted molar refractivity (Wildman–Crippen MR) is 47.3 cm³/mol. The fourth-order valence-electron chi connectivity index (χ4n) is 1.43. The number of aliphatic imine (C=N–C) groups is 1. The summed E-state index contributed by atoms with van der Waals surface area (Å²) in [5.41, 5.74) is 0. The summed E-state index contributed by atoms with van der Waals surface area (Å²) in [5.74, 6) is 0.451. The van der Waals surface area contributed by atoms with Crippen LogP contribution in [0.5, 0.6) is 0 Å². The molecule has 13 heavy (non-hydrogen) atoms. The highest BCUT2D eigenvalue weighted by Gasteiger charge is 2.29. The Labute approximate surface area is 76.1 Å². The smallest absolute Gasteiger partial charge is 0.215 e. The van der Waals surface area contributed by atoms with Gasteiger partial charge in [0.15, 0.2) is 9.84 Å². The van der Waals surface area contributed by atoms with Crippen LogP contribution in [0.15, 0.2) is 15.2 Å². The summed E-state index contributed by atoms with van der Waals surface area (Å²) >= 11 is 0. The van der Waals surface area contributed by atoms with Crippen LogP contribution < -0.4 is 5.32 Å². The molecule has 0 spiro atoms. The average Bonchev–Trinajstić information content (AvgIpc) is 2.61. The van der Waals surface area contributed by atoms with E-state index in [1.807, 2.05) is 0 Å². The van der Waals surface area contributed by atoms with E-state index >= 15 is 0 Å². The van der Waals surface area contributed by atoms with Gasteiger partial charge in [0.2, 0.25) is 6.29 Å². The van der Waals surface area contributed by atoms with E-state index in [2.05, 4.69) is 20.5 Å². The standard InChI is InChI=1S/C6H10N4O2S/c11-13(12)2-1-5(3-13)9-6-7-4-8-10-6/h4-6,9H,1-3H2/t5-,6-/m0/s1. The Balaban J connectivity index is 1.91. The normalized spacial score (nSPS) is 35.7. The molecule has 2 heterocycles. The maximum absolute atomic E-state index is 11.1. The summed E-state index contributed by atoms with van der Waals surface area (Å²) in [7, 11) is -2.82. The van der Waals surface area contributed by atoms with Crippen molar-refractivity contribution < 1.29 is 8.42 Å². The summed E-state index contributed by atoms with van der Waals surface area (Å²) < 4.78 is 22.2. The number of sulfone groups is 1. The molecular weight excluding hydrogens is 192 g/mol. The first-order valence-corrected chi connectivity index (χ1v) is 5.86. The zero-order chi connectivity index (χ0) is 9.31. The molecule has 0 aliphatic carbocycles. The van der Waals surface area contributed by atoms with Crippen molar-refractivity contribution in [3.8, 4) is 0 Å². The minimum Gasteiger partial charge on any atom is -0.272 e. The lowest BCUT2D eigenvalue weighted by Crippen LogP contribution is -2.36. The third kappa shape index (κ3) is 2.10. The molecule has 1 fully saturated rings. The highest BCUT2D eigenvalue weighted by Crippen LogP contribution is 2.12. The Morgan fingerprint density at radius 2 is 2.31 bits per heavy atom. The van der Waals surface area contributed by atoms with Crippen LogP contribution >= 0.6 is 0 Å². The van der Waals surface area contributed by atoms with E-state index in [9.17, 15) is 8.42 Å². The van der Waals surface area contributed by atoms with Crippen LogP contribution in [0.3, 0.4) is 0 Å². The minimum atomic E-state index is -2.82. The van der Waals surface area contributed by atoms with Gasteiger partial charge in [0, 0.05) is 6.04 Å². The topological polar surface area (TPSA) is 83.2 Å². The second kappa shape index (κ2) is 3.15. The number of azo groups is 1. The molecule has 2 aliphatic heterocycles. The second-order valence-electron chi connectivity index (χ2n) is 3.14. The molecular formula is C6H10N4O2S. The summed E-state index contributed by atoms with van der Waals surface area (Å²) in [6.07, 6.45) is 1.63. The van der Waals surface area contributed by atoms with Crippen molar-refractivity contribution >= 4 is 16.2 Å². The van der Waals surface area contributed by atoms with Gasteiger partial charge in [-0.05, 0) is 6.42 Å². The third-order valence-electron chi connectivity index (χ3n) is 2.05. The Bertz CT molecular complexity index is 336.